The number of nitrogens with zero attached hydrogens (tertiary/aromatic N) is 3. The Hall–Kier alpha value is -2.19. The summed E-state index contributed by atoms with van der Waals surface area (Å²) in [6.07, 6.45) is 3.48. The van der Waals surface area contributed by atoms with Gasteiger partial charge in [0.15, 0.2) is 5.82 Å². The molecule has 134 valence electrons. The Morgan fingerprint density at radius 2 is 1.80 bits per heavy atom. The standard InChI is InChI=1S/C17H22N4O3S/c1-13-7-11-21(12-8-13)25(23,24)15-5-3-14(4-6-15)17(22)18-16-9-10-20(2)19-16/h3-6,9-10,13H,7-8,11-12H2,1-2H3,(H,18,19,22). The van der Waals surface area contributed by atoms with Gasteiger partial charge in [0.2, 0.25) is 10.0 Å². The Morgan fingerprint density at radius 1 is 1.16 bits per heavy atom. The minimum atomic E-state index is -3.50. The van der Waals surface area contributed by atoms with Crippen LogP contribution >= 0.6 is 0 Å². The third-order valence-corrected chi connectivity index (χ3v) is 6.36. The molecule has 1 amide bonds. The van der Waals surface area contributed by atoms with Crippen LogP contribution in [0.3, 0.4) is 0 Å². The Morgan fingerprint density at radius 3 is 2.36 bits per heavy atom. The first-order valence-corrected chi connectivity index (χ1v) is 9.71. The molecule has 2 aromatic rings. The molecule has 1 fully saturated rings. The van der Waals surface area contributed by atoms with Gasteiger partial charge in [-0.15, -0.1) is 0 Å². The number of benzene rings is 1. The van der Waals surface area contributed by atoms with Crippen LogP contribution in [0.4, 0.5) is 5.82 Å². The summed E-state index contributed by atoms with van der Waals surface area (Å²) < 4.78 is 28.5. The van der Waals surface area contributed by atoms with Crippen molar-refractivity contribution in [3.8, 4) is 0 Å². The number of sulfonamides is 1. The lowest BCUT2D eigenvalue weighted by Gasteiger charge is -2.29. The molecule has 25 heavy (non-hydrogen) atoms. The summed E-state index contributed by atoms with van der Waals surface area (Å²) in [5.74, 6) is 0.685. The van der Waals surface area contributed by atoms with E-state index in [9.17, 15) is 13.2 Å². The molecule has 0 saturated carbocycles. The highest BCUT2D eigenvalue weighted by Gasteiger charge is 2.28. The normalized spacial score (nSPS) is 16.7. The largest absolute Gasteiger partial charge is 0.305 e. The molecule has 2 heterocycles. The molecule has 7 nitrogen and oxygen atoms in total. The fourth-order valence-corrected chi connectivity index (χ4v) is 4.29. The third kappa shape index (κ3) is 3.91. The quantitative estimate of drug-likeness (QED) is 0.903. The second kappa shape index (κ2) is 6.97. The maximum Gasteiger partial charge on any atom is 0.256 e. The maximum absolute atomic E-state index is 12.7. The van der Waals surface area contributed by atoms with Crippen LogP contribution in [0.1, 0.15) is 30.1 Å². The van der Waals surface area contributed by atoms with Crippen molar-refractivity contribution < 1.29 is 13.2 Å². The maximum atomic E-state index is 12.7. The number of aryl methyl sites for hydroxylation is 1. The summed E-state index contributed by atoms with van der Waals surface area (Å²) in [5.41, 5.74) is 0.386. The monoisotopic (exact) mass is 362 g/mol. The Labute approximate surface area is 147 Å². The second-order valence-corrected chi connectivity index (χ2v) is 8.38. The average molecular weight is 362 g/mol. The highest BCUT2D eigenvalue weighted by molar-refractivity contribution is 7.89. The third-order valence-electron chi connectivity index (χ3n) is 4.45. The molecule has 0 unspecified atom stereocenters. The van der Waals surface area contributed by atoms with Crippen molar-refractivity contribution in [2.24, 2.45) is 13.0 Å². The van der Waals surface area contributed by atoms with E-state index in [4.69, 9.17) is 0 Å². The lowest BCUT2D eigenvalue weighted by Crippen LogP contribution is -2.37. The van der Waals surface area contributed by atoms with Crippen LogP contribution in [0, 0.1) is 5.92 Å². The first-order chi connectivity index (χ1) is 11.9. The fourth-order valence-electron chi connectivity index (χ4n) is 2.82. The lowest BCUT2D eigenvalue weighted by molar-refractivity contribution is 0.102. The predicted molar refractivity (Wildman–Crippen MR) is 94.8 cm³/mol. The van der Waals surface area contributed by atoms with Crippen LogP contribution in [-0.2, 0) is 17.1 Å². The second-order valence-electron chi connectivity index (χ2n) is 6.44. The number of aromatic nitrogens is 2. The highest BCUT2D eigenvalue weighted by Crippen LogP contribution is 2.23. The van der Waals surface area contributed by atoms with E-state index >= 15 is 0 Å². The summed E-state index contributed by atoms with van der Waals surface area (Å²) in [4.78, 5) is 12.4. The Balaban J connectivity index is 1.72. The number of hydrogen-bond donors (Lipinski definition) is 1. The van der Waals surface area contributed by atoms with Crippen LogP contribution in [0.2, 0.25) is 0 Å². The minimum Gasteiger partial charge on any atom is -0.305 e. The van der Waals surface area contributed by atoms with Crippen molar-refractivity contribution in [2.75, 3.05) is 18.4 Å². The zero-order valence-corrected chi connectivity index (χ0v) is 15.2. The van der Waals surface area contributed by atoms with E-state index in [1.807, 2.05) is 0 Å². The Bertz CT molecular complexity index is 850. The summed E-state index contributed by atoms with van der Waals surface area (Å²) in [6, 6.07) is 7.71. The molecule has 0 radical (unpaired) electrons. The fraction of sp³-hybridized carbons (Fsp3) is 0.412. The molecule has 3 rings (SSSR count). The summed E-state index contributed by atoms with van der Waals surface area (Å²) in [6.45, 7) is 3.23. The molecule has 1 aliphatic heterocycles. The van der Waals surface area contributed by atoms with Gasteiger partial charge >= 0.3 is 0 Å². The number of hydrogen-bond acceptors (Lipinski definition) is 4. The molecule has 1 N–H and O–H groups in total. The molecule has 0 spiro atoms. The van der Waals surface area contributed by atoms with Crippen LogP contribution in [0.15, 0.2) is 41.4 Å². The van der Waals surface area contributed by atoms with E-state index < -0.39 is 10.0 Å². The van der Waals surface area contributed by atoms with Crippen LogP contribution < -0.4 is 5.32 Å². The number of nitrogens with one attached hydrogen (secondary N) is 1. The van der Waals surface area contributed by atoms with Crippen LogP contribution in [0.25, 0.3) is 0 Å². The minimum absolute atomic E-state index is 0.219. The molecule has 1 aliphatic rings. The topological polar surface area (TPSA) is 84.3 Å². The van der Waals surface area contributed by atoms with Gasteiger partial charge in [0.25, 0.3) is 5.91 Å². The van der Waals surface area contributed by atoms with E-state index in [1.54, 1.807) is 24.0 Å². The van der Waals surface area contributed by atoms with Gasteiger partial charge < -0.3 is 5.32 Å². The van der Waals surface area contributed by atoms with Gasteiger partial charge in [-0.05, 0) is 43.0 Å². The summed E-state index contributed by atoms with van der Waals surface area (Å²) in [7, 11) is -1.74. The van der Waals surface area contributed by atoms with E-state index in [2.05, 4.69) is 17.3 Å². The van der Waals surface area contributed by atoms with Gasteiger partial charge in [0, 0.05) is 38.0 Å². The van der Waals surface area contributed by atoms with Gasteiger partial charge in [0.05, 0.1) is 4.90 Å². The number of piperidine rings is 1. The molecular weight excluding hydrogens is 340 g/mol. The van der Waals surface area contributed by atoms with Crippen molar-refractivity contribution >= 4 is 21.7 Å². The van der Waals surface area contributed by atoms with Gasteiger partial charge in [-0.3, -0.25) is 9.48 Å². The highest BCUT2D eigenvalue weighted by atomic mass is 32.2. The van der Waals surface area contributed by atoms with Crippen molar-refractivity contribution in [3.05, 3.63) is 42.1 Å². The molecule has 0 aliphatic carbocycles. The molecule has 1 saturated heterocycles. The van der Waals surface area contributed by atoms with Crippen LogP contribution in [0.5, 0.6) is 0 Å². The molecule has 0 bridgehead atoms. The SMILES string of the molecule is CC1CCN(S(=O)(=O)c2ccc(C(=O)Nc3ccn(C)n3)cc2)CC1. The molecule has 8 heteroatoms. The summed E-state index contributed by atoms with van der Waals surface area (Å²) in [5, 5.41) is 6.76. The van der Waals surface area contributed by atoms with E-state index in [0.717, 1.165) is 12.8 Å². The number of carbonyl (C=O) groups excluding carboxylic acids is 1. The smallest absolute Gasteiger partial charge is 0.256 e. The predicted octanol–water partition coefficient (Wildman–Crippen LogP) is 2.09. The van der Waals surface area contributed by atoms with Gasteiger partial charge in [-0.1, -0.05) is 6.92 Å². The zero-order chi connectivity index (χ0) is 18.0. The van der Waals surface area contributed by atoms with Crippen molar-refractivity contribution in [1.29, 1.82) is 0 Å². The van der Waals surface area contributed by atoms with Gasteiger partial charge in [-0.25, -0.2) is 8.42 Å². The summed E-state index contributed by atoms with van der Waals surface area (Å²) >= 11 is 0. The molecule has 1 aromatic heterocycles. The van der Waals surface area contributed by atoms with Gasteiger partial charge in [-0.2, -0.15) is 9.40 Å². The zero-order valence-electron chi connectivity index (χ0n) is 14.3. The van der Waals surface area contributed by atoms with E-state index in [0.29, 0.717) is 30.4 Å². The number of amides is 1. The van der Waals surface area contributed by atoms with E-state index in [-0.39, 0.29) is 10.8 Å². The number of anilines is 1. The molecule has 0 atom stereocenters. The van der Waals surface area contributed by atoms with Crippen LogP contribution in [-0.4, -0.2) is 41.5 Å². The number of carbonyl (C=O) groups is 1. The first-order valence-electron chi connectivity index (χ1n) is 8.27. The average Bonchev–Trinajstić information content (AvgIpc) is 3.00. The first kappa shape index (κ1) is 17.6. The number of rotatable bonds is 4. The van der Waals surface area contributed by atoms with Crippen molar-refractivity contribution in [3.63, 3.8) is 0 Å². The van der Waals surface area contributed by atoms with Crippen molar-refractivity contribution in [2.45, 2.75) is 24.7 Å². The lowest BCUT2D eigenvalue weighted by atomic mass is 10.0. The van der Waals surface area contributed by atoms with Gasteiger partial charge in [0.1, 0.15) is 0 Å². The molecule has 1 aromatic carbocycles. The van der Waals surface area contributed by atoms with Crippen molar-refractivity contribution in [1.82, 2.24) is 14.1 Å². The van der Waals surface area contributed by atoms with E-state index in [1.165, 1.54) is 28.6 Å². The Kier molecular flexibility index (Phi) is 4.91. The molecular formula is C17H22N4O3S.